The van der Waals surface area contributed by atoms with Gasteiger partial charge < -0.3 is 10.5 Å². The lowest BCUT2D eigenvalue weighted by Gasteiger charge is -2.42. The lowest BCUT2D eigenvalue weighted by atomic mass is 9.63. The van der Waals surface area contributed by atoms with E-state index in [-0.39, 0.29) is 28.8 Å². The number of nitrogens with two attached hydrogens (primary N) is 1. The standard InChI is InChI=1S/C29H34N2O2/c30-18-20-11-13-23(14-12-20)31-27(32)29-16-21-15-28(19-29,22-7-3-1-4-8-22)17-25(29)26(21)33-24-9-5-2-6-10-24/h1-10,20-21,25-26H,11-19,30H2. The van der Waals surface area contributed by atoms with E-state index < -0.39 is 0 Å². The zero-order valence-corrected chi connectivity index (χ0v) is 19.3. The van der Waals surface area contributed by atoms with Crippen molar-refractivity contribution in [2.45, 2.75) is 62.9 Å². The number of ether oxygens (including phenoxy) is 1. The van der Waals surface area contributed by atoms with Crippen LogP contribution in [0, 0.1) is 23.2 Å². The first-order valence-corrected chi connectivity index (χ1v) is 12.7. The molecule has 4 heteroatoms. The minimum Gasteiger partial charge on any atom is -0.490 e. The molecule has 0 aliphatic heterocycles. The Morgan fingerprint density at radius 2 is 1.67 bits per heavy atom. The van der Waals surface area contributed by atoms with E-state index in [4.69, 9.17) is 15.5 Å². The highest BCUT2D eigenvalue weighted by Gasteiger charge is 2.72. The molecule has 5 saturated carbocycles. The van der Waals surface area contributed by atoms with E-state index in [2.05, 4.69) is 30.3 Å². The highest BCUT2D eigenvalue weighted by molar-refractivity contribution is 5.99. The van der Waals surface area contributed by atoms with Gasteiger partial charge in [0.1, 0.15) is 11.9 Å². The van der Waals surface area contributed by atoms with Crippen LogP contribution in [-0.4, -0.2) is 24.3 Å². The maximum atomic E-state index is 13.9. The summed E-state index contributed by atoms with van der Waals surface area (Å²) in [5.74, 6) is 2.26. The van der Waals surface area contributed by atoms with Crippen molar-refractivity contribution >= 4 is 11.6 Å². The molecule has 7 rings (SSSR count). The zero-order valence-electron chi connectivity index (χ0n) is 19.3. The molecule has 0 spiro atoms. The first-order valence-electron chi connectivity index (χ1n) is 12.7. The van der Waals surface area contributed by atoms with Gasteiger partial charge in [0.15, 0.2) is 0 Å². The molecule has 0 radical (unpaired) electrons. The van der Waals surface area contributed by atoms with Crippen molar-refractivity contribution in [3.05, 3.63) is 66.2 Å². The Bertz CT molecular complexity index is 1040. The fraction of sp³-hybridized carbons (Fsp3) is 0.517. The molecule has 5 unspecified atom stereocenters. The van der Waals surface area contributed by atoms with Crippen LogP contribution < -0.4 is 10.5 Å². The van der Waals surface area contributed by atoms with Gasteiger partial charge in [0.25, 0.3) is 5.91 Å². The van der Waals surface area contributed by atoms with Gasteiger partial charge in [0, 0.05) is 11.6 Å². The Morgan fingerprint density at radius 3 is 2.36 bits per heavy atom. The second-order valence-electron chi connectivity index (χ2n) is 11.0. The van der Waals surface area contributed by atoms with Crippen molar-refractivity contribution in [2.24, 2.45) is 33.9 Å². The van der Waals surface area contributed by atoms with Crippen molar-refractivity contribution in [3.63, 3.8) is 0 Å². The van der Waals surface area contributed by atoms with Gasteiger partial charge in [-0.3, -0.25) is 4.79 Å². The molecular weight excluding hydrogens is 408 g/mol. The summed E-state index contributed by atoms with van der Waals surface area (Å²) in [6.45, 7) is 0.743. The molecule has 172 valence electrons. The minimum absolute atomic E-state index is 0.0818. The maximum Gasteiger partial charge on any atom is 0.252 e. The Hall–Kier alpha value is -2.46. The second-order valence-corrected chi connectivity index (χ2v) is 11.0. The first-order chi connectivity index (χ1) is 16.1. The van der Waals surface area contributed by atoms with Crippen LogP contribution in [0.3, 0.4) is 0 Å². The van der Waals surface area contributed by atoms with Crippen molar-refractivity contribution in [2.75, 3.05) is 6.54 Å². The summed E-state index contributed by atoms with van der Waals surface area (Å²) in [5, 5.41) is 0. The summed E-state index contributed by atoms with van der Waals surface area (Å²) in [5.41, 5.74) is 8.06. The maximum absolute atomic E-state index is 13.9. The number of rotatable bonds is 5. The SMILES string of the molecule is NCC1CCC(=NC(=O)C23CC4CC(c5ccccc5)(CC2C4Oc2ccccc2)C3)CC1. The van der Waals surface area contributed by atoms with Crippen molar-refractivity contribution in [3.8, 4) is 5.75 Å². The molecule has 5 atom stereocenters. The Kier molecular flexibility index (Phi) is 5.17. The highest BCUT2D eigenvalue weighted by atomic mass is 16.5. The molecule has 2 N–H and O–H groups in total. The molecule has 5 aliphatic carbocycles. The van der Waals surface area contributed by atoms with Crippen molar-refractivity contribution < 1.29 is 9.53 Å². The lowest BCUT2D eigenvalue weighted by molar-refractivity contribution is -0.129. The largest absolute Gasteiger partial charge is 0.490 e. The topological polar surface area (TPSA) is 64.7 Å². The predicted molar refractivity (Wildman–Crippen MR) is 130 cm³/mol. The molecule has 2 aromatic carbocycles. The van der Waals surface area contributed by atoms with Crippen LogP contribution in [0.25, 0.3) is 0 Å². The van der Waals surface area contributed by atoms with E-state index in [1.54, 1.807) is 0 Å². The second kappa shape index (κ2) is 8.09. The number of hydrogen-bond donors (Lipinski definition) is 1. The molecule has 2 aromatic rings. The predicted octanol–water partition coefficient (Wildman–Crippen LogP) is 5.31. The molecule has 4 bridgehead atoms. The van der Waals surface area contributed by atoms with Crippen molar-refractivity contribution in [1.29, 1.82) is 0 Å². The fourth-order valence-corrected chi connectivity index (χ4v) is 7.73. The minimum atomic E-state index is -0.379. The molecule has 5 fully saturated rings. The number of hydrogen-bond acceptors (Lipinski definition) is 3. The molecule has 1 amide bonds. The Balaban J connectivity index is 1.32. The van der Waals surface area contributed by atoms with Crippen LogP contribution in [0.1, 0.15) is 56.9 Å². The third-order valence-electron chi connectivity index (χ3n) is 9.22. The van der Waals surface area contributed by atoms with Gasteiger partial charge in [-0.25, -0.2) is 4.99 Å². The third-order valence-corrected chi connectivity index (χ3v) is 9.22. The quantitative estimate of drug-likeness (QED) is 0.683. The normalized spacial score (nSPS) is 36.7. The van der Waals surface area contributed by atoms with Crippen molar-refractivity contribution in [1.82, 2.24) is 0 Å². The summed E-state index contributed by atoms with van der Waals surface area (Å²) in [4.78, 5) is 18.8. The number of carbonyl (C=O) groups is 1. The number of nitrogens with zero attached hydrogens (tertiary/aromatic N) is 1. The van der Waals surface area contributed by atoms with E-state index in [1.807, 2.05) is 30.3 Å². The van der Waals surface area contributed by atoms with Crippen LogP contribution in [-0.2, 0) is 10.2 Å². The number of benzene rings is 2. The first kappa shape index (κ1) is 21.1. The monoisotopic (exact) mass is 442 g/mol. The van der Waals surface area contributed by atoms with Gasteiger partial charge in [-0.05, 0) is 92.9 Å². The molecule has 0 heterocycles. The van der Waals surface area contributed by atoms with E-state index >= 15 is 0 Å². The summed E-state index contributed by atoms with van der Waals surface area (Å²) in [6, 6.07) is 21.0. The molecule has 33 heavy (non-hydrogen) atoms. The molecule has 4 nitrogen and oxygen atoms in total. The van der Waals surface area contributed by atoms with E-state index in [9.17, 15) is 4.79 Å². The Morgan fingerprint density at radius 1 is 0.970 bits per heavy atom. The van der Waals surface area contributed by atoms with Gasteiger partial charge in [0.05, 0.1) is 5.41 Å². The molecule has 0 saturated heterocycles. The number of carbonyl (C=O) groups excluding carboxylic acids is 1. The zero-order chi connectivity index (χ0) is 22.5. The van der Waals surface area contributed by atoms with Gasteiger partial charge in [-0.2, -0.15) is 0 Å². The smallest absolute Gasteiger partial charge is 0.252 e. The highest BCUT2D eigenvalue weighted by Crippen LogP contribution is 2.71. The average molecular weight is 443 g/mol. The van der Waals surface area contributed by atoms with Crippen LogP contribution in [0.4, 0.5) is 0 Å². The summed E-state index contributed by atoms with van der Waals surface area (Å²) < 4.78 is 6.60. The molecular formula is C29H34N2O2. The number of para-hydroxylation sites is 1. The third kappa shape index (κ3) is 3.45. The van der Waals surface area contributed by atoms with Crippen LogP contribution in [0.15, 0.2) is 65.7 Å². The number of amides is 1. The van der Waals surface area contributed by atoms with Gasteiger partial charge >= 0.3 is 0 Å². The fourth-order valence-electron chi connectivity index (χ4n) is 7.73. The average Bonchev–Trinajstić information content (AvgIpc) is 3.23. The van der Waals surface area contributed by atoms with E-state index in [1.165, 1.54) is 5.56 Å². The summed E-state index contributed by atoms with van der Waals surface area (Å²) in [6.07, 6.45) is 8.04. The number of aliphatic imine (C=N–C) groups is 1. The van der Waals surface area contributed by atoms with E-state index in [0.29, 0.717) is 11.8 Å². The van der Waals surface area contributed by atoms with Gasteiger partial charge in [0.2, 0.25) is 0 Å². The van der Waals surface area contributed by atoms with Crippen LogP contribution in [0.5, 0.6) is 5.75 Å². The van der Waals surface area contributed by atoms with Crippen LogP contribution >= 0.6 is 0 Å². The Labute approximate surface area is 196 Å². The lowest BCUT2D eigenvalue weighted by Crippen LogP contribution is -2.40. The molecule has 0 aromatic heterocycles. The van der Waals surface area contributed by atoms with Gasteiger partial charge in [-0.15, -0.1) is 0 Å². The summed E-state index contributed by atoms with van der Waals surface area (Å²) >= 11 is 0. The molecule has 5 aliphatic rings. The van der Waals surface area contributed by atoms with Gasteiger partial charge in [-0.1, -0.05) is 48.5 Å². The van der Waals surface area contributed by atoms with Crippen LogP contribution in [0.2, 0.25) is 0 Å². The van der Waals surface area contributed by atoms with E-state index in [0.717, 1.165) is 69.4 Å². The summed E-state index contributed by atoms with van der Waals surface area (Å²) in [7, 11) is 0.